The summed E-state index contributed by atoms with van der Waals surface area (Å²) in [6.45, 7) is 16.7. The van der Waals surface area contributed by atoms with Gasteiger partial charge in [-0.2, -0.15) is 0 Å². The minimum absolute atomic E-state index is 0.186. The second-order valence-corrected chi connectivity index (χ2v) is 24.3. The van der Waals surface area contributed by atoms with Crippen LogP contribution in [0.5, 0.6) is 0 Å². The summed E-state index contributed by atoms with van der Waals surface area (Å²) in [6, 6.07) is 2.88. The molecule has 1 spiro atoms. The number of rotatable bonds is 35. The number of hydrogen-bond acceptors (Lipinski definition) is 16. The molecule has 7 amide bonds. The Balaban J connectivity index is 1.85. The van der Waals surface area contributed by atoms with Crippen molar-refractivity contribution in [3.05, 3.63) is 35.9 Å². The molecule has 23 heteroatoms. The molecule has 1 saturated carbocycles. The third-order valence-corrected chi connectivity index (χ3v) is 17.9. The molecule has 1 aliphatic carbocycles. The Kier molecular flexibility index (Phi) is 30.4. The van der Waals surface area contributed by atoms with E-state index in [2.05, 4.69) is 31.9 Å². The van der Waals surface area contributed by atoms with Crippen LogP contribution in [0, 0.1) is 59.2 Å². The molecule has 17 atom stereocenters. The van der Waals surface area contributed by atoms with Crippen LogP contribution in [-0.2, 0) is 68.7 Å². The van der Waals surface area contributed by atoms with Crippen LogP contribution >= 0.6 is 0 Å². The van der Waals surface area contributed by atoms with E-state index < -0.39 is 199 Å². The first-order valence-electron chi connectivity index (χ1n) is 30.9. The fourth-order valence-electron chi connectivity index (χ4n) is 10.9. The average Bonchev–Trinajstić information content (AvgIpc) is 1.63. The van der Waals surface area contributed by atoms with Gasteiger partial charge >= 0.3 is 5.97 Å². The molecule has 2 aliphatic rings. The van der Waals surface area contributed by atoms with Crippen LogP contribution in [0.4, 0.5) is 0 Å². The van der Waals surface area contributed by atoms with E-state index in [-0.39, 0.29) is 44.1 Å². The second-order valence-electron chi connectivity index (χ2n) is 24.3. The topological polar surface area (TPSA) is 373 Å². The molecule has 482 valence electrons. The number of carbonyl (C=O) groups is 12. The molecular weight excluding hydrogens is 1110 g/mol. The van der Waals surface area contributed by atoms with Crippen LogP contribution in [0.25, 0.3) is 0 Å². The highest BCUT2D eigenvalue weighted by atomic mass is 16.5. The van der Waals surface area contributed by atoms with Crippen molar-refractivity contribution in [1.82, 2.24) is 31.9 Å². The number of carbonyl (C=O) groups excluding carboxylic acids is 12. The van der Waals surface area contributed by atoms with Crippen LogP contribution in [0.1, 0.15) is 165 Å². The van der Waals surface area contributed by atoms with E-state index in [1.54, 1.807) is 48.5 Å². The molecule has 3 rings (SSSR count). The third-order valence-electron chi connectivity index (χ3n) is 17.9. The van der Waals surface area contributed by atoms with Gasteiger partial charge in [-0.05, 0) is 74.2 Å². The summed E-state index contributed by atoms with van der Waals surface area (Å²) in [5.74, 6) is -16.5. The first-order valence-corrected chi connectivity index (χ1v) is 30.9. The van der Waals surface area contributed by atoms with Gasteiger partial charge in [0, 0.05) is 56.5 Å². The average molecular weight is 1210 g/mol. The normalized spacial score (nSPS) is 23.8. The van der Waals surface area contributed by atoms with Crippen molar-refractivity contribution in [2.75, 3.05) is 19.8 Å². The van der Waals surface area contributed by atoms with Crippen LogP contribution in [0.3, 0.4) is 0 Å². The number of aliphatic hydroxyl groups is 3. The Hall–Kier alpha value is -6.46. The summed E-state index contributed by atoms with van der Waals surface area (Å²) in [5, 5.41) is 47.1. The Bertz CT molecular complexity index is 2510. The summed E-state index contributed by atoms with van der Waals surface area (Å²) in [5.41, 5.74) is 5.00. The minimum atomic E-state index is -1.60. The molecule has 0 unspecified atom stereocenters. The number of amides is 7. The number of esters is 1. The Morgan fingerprint density at radius 2 is 1.23 bits per heavy atom. The van der Waals surface area contributed by atoms with Gasteiger partial charge < -0.3 is 57.7 Å². The van der Waals surface area contributed by atoms with Gasteiger partial charge in [0.1, 0.15) is 23.7 Å². The highest BCUT2D eigenvalue weighted by Gasteiger charge is 2.61. The molecule has 1 saturated heterocycles. The van der Waals surface area contributed by atoms with Crippen molar-refractivity contribution in [1.29, 1.82) is 0 Å². The Labute approximate surface area is 506 Å². The van der Waals surface area contributed by atoms with E-state index in [1.807, 2.05) is 44.2 Å². The quantitative estimate of drug-likeness (QED) is 0.0437. The Morgan fingerprint density at radius 3 is 1.74 bits per heavy atom. The number of nitrogens with one attached hydrogen (secondary N) is 6. The lowest BCUT2D eigenvalue weighted by Crippen LogP contribution is -2.57. The zero-order valence-electron chi connectivity index (χ0n) is 52.4. The van der Waals surface area contributed by atoms with E-state index in [4.69, 9.17) is 10.5 Å². The van der Waals surface area contributed by atoms with Gasteiger partial charge in [-0.1, -0.05) is 125 Å². The predicted octanol–water partition coefficient (Wildman–Crippen LogP) is 2.64. The summed E-state index contributed by atoms with van der Waals surface area (Å²) in [4.78, 5) is 167. The number of ketones is 4. The zero-order valence-corrected chi connectivity index (χ0v) is 52.4. The lowest BCUT2D eigenvalue weighted by molar-refractivity contribution is -0.157. The van der Waals surface area contributed by atoms with E-state index >= 15 is 0 Å². The smallest absolute Gasteiger partial charge is 0.329 e. The lowest BCUT2D eigenvalue weighted by atomic mass is 9.83. The molecule has 0 bridgehead atoms. The van der Waals surface area contributed by atoms with Gasteiger partial charge in [0.25, 0.3) is 0 Å². The molecule has 86 heavy (non-hydrogen) atoms. The van der Waals surface area contributed by atoms with Crippen molar-refractivity contribution in [2.45, 2.75) is 208 Å². The third kappa shape index (κ3) is 20.9. The number of Topliss-reactive ketones (excluding diaryl/α,β-unsaturated/α-hetero) is 4. The minimum Gasteiger partial charge on any atom is -0.458 e. The van der Waals surface area contributed by atoms with Gasteiger partial charge in [0.2, 0.25) is 41.4 Å². The van der Waals surface area contributed by atoms with Gasteiger partial charge in [0.15, 0.2) is 23.1 Å². The van der Waals surface area contributed by atoms with Gasteiger partial charge in [0.05, 0.1) is 43.2 Å². The number of hydrogen-bond donors (Lipinski definition) is 10. The highest BCUT2D eigenvalue weighted by Crippen LogP contribution is 2.46. The number of aliphatic hydroxyl groups excluding tert-OH is 3. The van der Waals surface area contributed by atoms with Crippen molar-refractivity contribution in [3.63, 3.8) is 0 Å². The molecule has 2 fully saturated rings. The molecule has 11 N–H and O–H groups in total. The van der Waals surface area contributed by atoms with Gasteiger partial charge in [-0.15, -0.1) is 0 Å². The summed E-state index contributed by atoms with van der Waals surface area (Å²) in [7, 11) is 0. The van der Waals surface area contributed by atoms with Crippen LogP contribution < -0.4 is 37.6 Å². The Morgan fingerprint density at radius 1 is 0.686 bits per heavy atom. The molecule has 1 aliphatic heterocycles. The van der Waals surface area contributed by atoms with E-state index in [1.165, 1.54) is 13.8 Å². The van der Waals surface area contributed by atoms with Crippen molar-refractivity contribution in [2.24, 2.45) is 64.9 Å². The number of cyclic esters (lactones) is 1. The summed E-state index contributed by atoms with van der Waals surface area (Å²) < 4.78 is 5.78. The number of benzene rings is 1. The molecule has 0 radical (unpaired) electrons. The monoisotopic (exact) mass is 1210 g/mol. The molecule has 23 nitrogen and oxygen atoms in total. The maximum atomic E-state index is 14.5. The standard InChI is InChI=1S/C63H99N7O16/c1-12-34(6)45(30-47(74)46(22-23-51(64)78)65-58(81)42(32-72)28-49(76)52(35(7)13-2)66-57(80)41(16-5)27-40-20-18-17-19-21-40)60(83)67-53(36(8)14-3)50(77)29-43(33-73)59(82)68-55-39(11)86-61(84)54(37(9)15-4)69-62(85)63(31-44(63)24-25-71)70-56(79)38(10)26-48(55)75/h17-21,34-39,41-46,52-55,71-73H,12-16,22-33H2,1-11H3,(H2,64,78)(H,65,81)(H,66,80)(H,67,83)(H,68,82)(H,69,85)(H,70,79)/t34-,35-,36-,37-,38+,39-,41+,42-,43-,44+,45+,46+,52-,53-,54-,55+,63+/m0/s1. The fraction of sp³-hybridized carbons (Fsp3) is 0.714. The molecule has 1 aromatic carbocycles. The number of nitrogens with two attached hydrogens (primary N) is 1. The fourth-order valence-corrected chi connectivity index (χ4v) is 10.9. The largest absolute Gasteiger partial charge is 0.458 e. The number of primary amides is 1. The maximum absolute atomic E-state index is 14.5. The first kappa shape index (κ1) is 73.8. The van der Waals surface area contributed by atoms with E-state index in [9.17, 15) is 72.9 Å². The first-order chi connectivity index (χ1) is 40.6. The van der Waals surface area contributed by atoms with Crippen LogP contribution in [-0.4, -0.2) is 147 Å². The van der Waals surface area contributed by atoms with E-state index in [0.29, 0.717) is 38.5 Å². The van der Waals surface area contributed by atoms with Gasteiger partial charge in [-0.25, -0.2) is 4.79 Å². The predicted molar refractivity (Wildman–Crippen MR) is 318 cm³/mol. The number of ether oxygens (including phenoxy) is 1. The maximum Gasteiger partial charge on any atom is 0.329 e. The summed E-state index contributed by atoms with van der Waals surface area (Å²) in [6.07, 6.45) is -1.30. The highest BCUT2D eigenvalue weighted by molar-refractivity contribution is 6.01. The van der Waals surface area contributed by atoms with Crippen LogP contribution in [0.2, 0.25) is 0 Å². The van der Waals surface area contributed by atoms with Crippen molar-refractivity contribution in [3.8, 4) is 0 Å². The molecule has 1 heterocycles. The molecule has 0 aromatic heterocycles. The summed E-state index contributed by atoms with van der Waals surface area (Å²) >= 11 is 0. The lowest BCUT2D eigenvalue weighted by Gasteiger charge is -2.30. The molecule has 1 aromatic rings. The molecular formula is C63H99N7O16. The zero-order chi connectivity index (χ0) is 64.7. The van der Waals surface area contributed by atoms with E-state index in [0.717, 1.165) is 5.56 Å². The van der Waals surface area contributed by atoms with Crippen molar-refractivity contribution >= 4 is 70.5 Å². The SMILES string of the molecule is CC[C@H](Cc1ccccc1)C(=O)N[C@H](C(=O)C[C@@H](CO)C(=O)N[C@H](CCC(N)=O)C(=O)C[C@@H](C(=O)N[C@H](C(=O)C[C@@H](CO)C(=O)N[C@H]1C(=O)C[C@@H](C)C(=O)N[C@@]2(C[C@H]2CCO)C(=O)N[C@@H]([C@@H](C)CC)C(=O)O[C@H]1C)[C@@H](C)CC)[C@@H](C)CC)[C@@H](C)CC. The van der Waals surface area contributed by atoms with Crippen LogP contribution in [0.15, 0.2) is 30.3 Å². The second kappa shape index (κ2) is 35.4. The van der Waals surface area contributed by atoms with Gasteiger partial charge in [-0.3, -0.25) is 52.7 Å². The van der Waals surface area contributed by atoms with Crippen molar-refractivity contribution < 1.29 is 77.6 Å².